The third-order valence-electron chi connectivity index (χ3n) is 5.71. The molecule has 0 aliphatic carbocycles. The van der Waals surface area contributed by atoms with Crippen molar-refractivity contribution in [2.75, 3.05) is 24.5 Å². The van der Waals surface area contributed by atoms with E-state index in [-0.39, 0.29) is 42.5 Å². The number of nitrogens with zero attached hydrogens (tertiary/aromatic N) is 3. The summed E-state index contributed by atoms with van der Waals surface area (Å²) in [6, 6.07) is 13.1. The van der Waals surface area contributed by atoms with Gasteiger partial charge in [0.25, 0.3) is 5.91 Å². The largest absolute Gasteiger partial charge is 0.332 e. The molecule has 0 saturated carbocycles. The van der Waals surface area contributed by atoms with Crippen LogP contribution in [0, 0.1) is 6.92 Å². The number of piperidine rings is 1. The van der Waals surface area contributed by atoms with Gasteiger partial charge in [0, 0.05) is 24.2 Å². The second-order valence-corrected chi connectivity index (χ2v) is 9.79. The predicted molar refractivity (Wildman–Crippen MR) is 114 cm³/mol. The second-order valence-electron chi connectivity index (χ2n) is 7.47. The Balaban J connectivity index is 1.47. The number of benzene rings is 2. The average molecular weight is 448 g/mol. The summed E-state index contributed by atoms with van der Waals surface area (Å²) >= 11 is 6.10. The zero-order valence-corrected chi connectivity index (χ0v) is 18.1. The van der Waals surface area contributed by atoms with Crippen molar-refractivity contribution in [1.29, 1.82) is 0 Å². The van der Waals surface area contributed by atoms with Gasteiger partial charge in [-0.2, -0.15) is 4.31 Å². The van der Waals surface area contributed by atoms with Gasteiger partial charge in [-0.25, -0.2) is 18.1 Å². The molecule has 9 heteroatoms. The van der Waals surface area contributed by atoms with E-state index in [1.54, 1.807) is 54.3 Å². The maximum atomic E-state index is 13.1. The van der Waals surface area contributed by atoms with Crippen molar-refractivity contribution < 1.29 is 18.0 Å². The zero-order chi connectivity index (χ0) is 21.5. The molecule has 0 aromatic heterocycles. The number of carbonyl (C=O) groups is 2. The maximum absolute atomic E-state index is 13.1. The first-order chi connectivity index (χ1) is 14.3. The molecule has 2 aromatic carbocycles. The van der Waals surface area contributed by atoms with E-state index in [9.17, 15) is 18.0 Å². The van der Waals surface area contributed by atoms with Crippen molar-refractivity contribution in [3.8, 4) is 0 Å². The van der Waals surface area contributed by atoms with Crippen LogP contribution in [0.3, 0.4) is 0 Å². The Bertz CT molecular complexity index is 1080. The summed E-state index contributed by atoms with van der Waals surface area (Å²) in [5.41, 5.74) is 1.08. The molecule has 0 atom stereocenters. The summed E-state index contributed by atoms with van der Waals surface area (Å²) in [7, 11) is -3.67. The molecule has 30 heavy (non-hydrogen) atoms. The zero-order valence-electron chi connectivity index (χ0n) is 16.5. The Morgan fingerprint density at radius 2 is 1.63 bits per heavy atom. The number of rotatable bonds is 4. The number of imide groups is 1. The van der Waals surface area contributed by atoms with E-state index in [2.05, 4.69) is 0 Å². The topological polar surface area (TPSA) is 78.0 Å². The minimum atomic E-state index is -3.67. The van der Waals surface area contributed by atoms with Crippen LogP contribution in [0.5, 0.6) is 0 Å². The number of carbonyl (C=O) groups excluding carboxylic acids is 2. The third kappa shape index (κ3) is 3.59. The van der Waals surface area contributed by atoms with Gasteiger partial charge in [0.1, 0.15) is 6.54 Å². The lowest BCUT2D eigenvalue weighted by Gasteiger charge is -2.35. The lowest BCUT2D eigenvalue weighted by atomic mass is 10.1. The Kier molecular flexibility index (Phi) is 5.57. The van der Waals surface area contributed by atoms with Crippen molar-refractivity contribution in [3.63, 3.8) is 0 Å². The van der Waals surface area contributed by atoms with Crippen LogP contribution in [0.25, 0.3) is 0 Å². The predicted octanol–water partition coefficient (Wildman–Crippen LogP) is 3.27. The summed E-state index contributed by atoms with van der Waals surface area (Å²) in [6.45, 7) is 2.26. The first kappa shape index (κ1) is 20.8. The van der Waals surface area contributed by atoms with Gasteiger partial charge in [-0.15, -0.1) is 0 Å². The van der Waals surface area contributed by atoms with Gasteiger partial charge in [0.05, 0.1) is 10.6 Å². The molecule has 2 aliphatic rings. The number of hydrogen-bond acceptors (Lipinski definition) is 4. The fourth-order valence-corrected chi connectivity index (χ4v) is 5.98. The highest BCUT2D eigenvalue weighted by Crippen LogP contribution is 2.30. The SMILES string of the molecule is Cc1c(Cl)cccc1S(=O)(=O)N1CCC(N2CC(=O)N(c3ccccc3)C2=O)CC1. The van der Waals surface area contributed by atoms with Crippen LogP contribution in [-0.2, 0) is 14.8 Å². The van der Waals surface area contributed by atoms with Crippen LogP contribution in [0.15, 0.2) is 53.4 Å². The number of halogens is 1. The van der Waals surface area contributed by atoms with Crippen LogP contribution in [-0.4, -0.2) is 55.2 Å². The lowest BCUT2D eigenvalue weighted by Crippen LogP contribution is -2.48. The number of urea groups is 1. The number of amides is 3. The van der Waals surface area contributed by atoms with Crippen molar-refractivity contribution >= 4 is 39.2 Å². The molecule has 158 valence electrons. The van der Waals surface area contributed by atoms with Gasteiger partial charge in [-0.1, -0.05) is 35.9 Å². The molecule has 2 heterocycles. The fraction of sp³-hybridized carbons (Fsp3) is 0.333. The molecule has 2 aromatic rings. The molecule has 3 amide bonds. The van der Waals surface area contributed by atoms with E-state index in [1.807, 2.05) is 6.07 Å². The Morgan fingerprint density at radius 1 is 0.967 bits per heavy atom. The summed E-state index contributed by atoms with van der Waals surface area (Å²) in [4.78, 5) is 28.3. The Hall–Kier alpha value is -2.42. The quantitative estimate of drug-likeness (QED) is 0.674. The highest BCUT2D eigenvalue weighted by Gasteiger charge is 2.42. The second kappa shape index (κ2) is 8.02. The van der Waals surface area contributed by atoms with Crippen LogP contribution < -0.4 is 4.90 Å². The Morgan fingerprint density at radius 3 is 2.30 bits per heavy atom. The van der Waals surface area contributed by atoms with E-state index < -0.39 is 10.0 Å². The molecule has 2 aliphatic heterocycles. The fourth-order valence-electron chi connectivity index (χ4n) is 4.04. The summed E-state index contributed by atoms with van der Waals surface area (Å²) in [6.07, 6.45) is 0.945. The highest BCUT2D eigenvalue weighted by atomic mass is 35.5. The molecular formula is C21H22ClN3O4S. The first-order valence-electron chi connectivity index (χ1n) is 9.74. The smallest absolute Gasteiger partial charge is 0.312 e. The highest BCUT2D eigenvalue weighted by molar-refractivity contribution is 7.89. The van der Waals surface area contributed by atoms with E-state index in [1.165, 1.54) is 9.21 Å². The number of para-hydroxylation sites is 1. The van der Waals surface area contributed by atoms with E-state index in [4.69, 9.17) is 11.6 Å². The number of hydrogen-bond donors (Lipinski definition) is 0. The van der Waals surface area contributed by atoms with Crippen molar-refractivity contribution in [1.82, 2.24) is 9.21 Å². The number of anilines is 1. The molecule has 2 fully saturated rings. The molecule has 4 rings (SSSR count). The minimum absolute atomic E-state index is 0.0124. The van der Waals surface area contributed by atoms with Crippen molar-refractivity contribution in [2.24, 2.45) is 0 Å². The summed E-state index contributed by atoms with van der Waals surface area (Å²) in [5, 5.41) is 0.410. The first-order valence-corrected chi connectivity index (χ1v) is 11.6. The van der Waals surface area contributed by atoms with Crippen LogP contribution >= 0.6 is 11.6 Å². The van der Waals surface area contributed by atoms with Gasteiger partial charge in [0.2, 0.25) is 10.0 Å². The van der Waals surface area contributed by atoms with E-state index >= 15 is 0 Å². The normalized spacial score (nSPS) is 19.0. The molecule has 0 bridgehead atoms. The maximum Gasteiger partial charge on any atom is 0.332 e. The van der Waals surface area contributed by atoms with Gasteiger partial charge >= 0.3 is 6.03 Å². The van der Waals surface area contributed by atoms with Crippen molar-refractivity contribution in [2.45, 2.75) is 30.7 Å². The molecule has 7 nitrogen and oxygen atoms in total. The van der Waals surface area contributed by atoms with Gasteiger partial charge in [-0.3, -0.25) is 4.79 Å². The van der Waals surface area contributed by atoms with Crippen LogP contribution in [0.2, 0.25) is 5.02 Å². The molecular weight excluding hydrogens is 426 g/mol. The van der Waals surface area contributed by atoms with Crippen LogP contribution in [0.4, 0.5) is 10.5 Å². The van der Waals surface area contributed by atoms with Gasteiger partial charge in [-0.05, 0) is 49.6 Å². The van der Waals surface area contributed by atoms with Gasteiger partial charge in [0.15, 0.2) is 0 Å². The van der Waals surface area contributed by atoms with Crippen molar-refractivity contribution in [3.05, 3.63) is 59.1 Å². The molecule has 0 N–H and O–H groups in total. The Labute approximate surface area is 180 Å². The summed E-state index contributed by atoms with van der Waals surface area (Å²) < 4.78 is 27.6. The molecule has 0 radical (unpaired) electrons. The number of sulfonamides is 1. The molecule has 0 spiro atoms. The molecule has 0 unspecified atom stereocenters. The third-order valence-corrected chi connectivity index (χ3v) is 8.16. The summed E-state index contributed by atoms with van der Waals surface area (Å²) in [5.74, 6) is -0.268. The van der Waals surface area contributed by atoms with E-state index in [0.29, 0.717) is 29.1 Å². The minimum Gasteiger partial charge on any atom is -0.312 e. The monoisotopic (exact) mass is 447 g/mol. The average Bonchev–Trinajstić information content (AvgIpc) is 3.04. The van der Waals surface area contributed by atoms with Gasteiger partial charge < -0.3 is 4.90 Å². The lowest BCUT2D eigenvalue weighted by molar-refractivity contribution is -0.116. The van der Waals surface area contributed by atoms with E-state index in [0.717, 1.165) is 0 Å². The van der Waals surface area contributed by atoms with Crippen LogP contribution in [0.1, 0.15) is 18.4 Å². The standard InChI is InChI=1S/C21H22ClN3O4S/c1-15-18(22)8-5-9-19(15)30(28,29)23-12-10-16(11-13-23)24-14-20(26)25(21(24)27)17-6-3-2-4-7-17/h2-9,16H,10-14H2,1H3. The molecule has 2 saturated heterocycles.